The Bertz CT molecular complexity index is 913. The van der Waals surface area contributed by atoms with E-state index in [1.807, 2.05) is 36.4 Å². The number of amides is 1. The molecule has 2 N–H and O–H groups in total. The number of benzene rings is 2. The quantitative estimate of drug-likeness (QED) is 0.664. The highest BCUT2D eigenvalue weighted by atomic mass is 16.1. The van der Waals surface area contributed by atoms with Gasteiger partial charge in [-0.05, 0) is 62.5 Å². The number of para-hydroxylation sites is 3. The molecule has 0 spiro atoms. The van der Waals surface area contributed by atoms with Crippen LogP contribution in [0.25, 0.3) is 16.7 Å². The first kappa shape index (κ1) is 18.7. The van der Waals surface area contributed by atoms with E-state index in [1.165, 1.54) is 12.8 Å². The van der Waals surface area contributed by atoms with Gasteiger partial charge in [-0.15, -0.1) is 0 Å². The Balaban J connectivity index is 1.39. The van der Waals surface area contributed by atoms with Crippen LogP contribution in [-0.4, -0.2) is 35.1 Å². The van der Waals surface area contributed by atoms with Gasteiger partial charge in [0.05, 0.1) is 11.0 Å². The minimum atomic E-state index is 0.107. The second-order valence-electron chi connectivity index (χ2n) is 7.54. The highest BCUT2D eigenvalue weighted by Crippen LogP contribution is 2.22. The summed E-state index contributed by atoms with van der Waals surface area (Å²) >= 11 is 0. The molecule has 1 aliphatic rings. The molecule has 1 atom stereocenters. The van der Waals surface area contributed by atoms with Gasteiger partial charge in [-0.3, -0.25) is 9.36 Å². The molecule has 1 unspecified atom stereocenters. The number of aromatic nitrogens is 2. The zero-order valence-corrected chi connectivity index (χ0v) is 16.2. The zero-order chi connectivity index (χ0) is 19.2. The van der Waals surface area contributed by atoms with Crippen LogP contribution >= 0.6 is 0 Å². The van der Waals surface area contributed by atoms with Crippen molar-refractivity contribution in [2.75, 3.05) is 19.6 Å². The summed E-state index contributed by atoms with van der Waals surface area (Å²) in [5, 5.41) is 6.52. The number of aryl methyl sites for hydroxylation is 1. The van der Waals surface area contributed by atoms with Crippen molar-refractivity contribution in [1.29, 1.82) is 0 Å². The number of nitrogens with zero attached hydrogens (tertiary/aromatic N) is 2. The van der Waals surface area contributed by atoms with Crippen LogP contribution in [0.2, 0.25) is 0 Å². The molecule has 28 heavy (non-hydrogen) atoms. The van der Waals surface area contributed by atoms with E-state index in [4.69, 9.17) is 4.98 Å². The molecule has 5 heteroatoms. The first-order chi connectivity index (χ1) is 13.8. The van der Waals surface area contributed by atoms with Gasteiger partial charge in [0.15, 0.2) is 0 Å². The predicted molar refractivity (Wildman–Crippen MR) is 113 cm³/mol. The smallest absolute Gasteiger partial charge is 0.220 e. The Morgan fingerprint density at radius 1 is 1.14 bits per heavy atom. The van der Waals surface area contributed by atoms with Crippen molar-refractivity contribution in [1.82, 2.24) is 20.2 Å². The van der Waals surface area contributed by atoms with Crippen LogP contribution in [0.15, 0.2) is 54.6 Å². The number of hydrogen-bond donors (Lipinski definition) is 2. The minimum absolute atomic E-state index is 0.107. The van der Waals surface area contributed by atoms with Gasteiger partial charge in [0, 0.05) is 25.1 Å². The number of carbonyl (C=O) groups is 1. The van der Waals surface area contributed by atoms with Crippen molar-refractivity contribution in [2.45, 2.75) is 32.1 Å². The van der Waals surface area contributed by atoms with Crippen LogP contribution in [0.5, 0.6) is 0 Å². The van der Waals surface area contributed by atoms with Crippen molar-refractivity contribution < 1.29 is 4.79 Å². The molecule has 1 saturated heterocycles. The summed E-state index contributed by atoms with van der Waals surface area (Å²) in [6, 6.07) is 18.4. The first-order valence-electron chi connectivity index (χ1n) is 10.3. The van der Waals surface area contributed by atoms with Crippen LogP contribution < -0.4 is 10.6 Å². The third kappa shape index (κ3) is 4.42. The largest absolute Gasteiger partial charge is 0.356 e. The normalized spacial score (nSPS) is 16.9. The maximum Gasteiger partial charge on any atom is 0.220 e. The fraction of sp³-hybridized carbons (Fsp3) is 0.391. The first-order valence-corrected chi connectivity index (χ1v) is 10.3. The Kier molecular flexibility index (Phi) is 6.02. The van der Waals surface area contributed by atoms with Crippen molar-refractivity contribution >= 4 is 16.9 Å². The maximum atomic E-state index is 12.4. The summed E-state index contributed by atoms with van der Waals surface area (Å²) in [5.41, 5.74) is 3.12. The Labute approximate surface area is 166 Å². The molecule has 3 aromatic rings. The molecule has 2 heterocycles. The molecule has 2 aromatic carbocycles. The lowest BCUT2D eigenvalue weighted by Crippen LogP contribution is -2.33. The lowest BCUT2D eigenvalue weighted by atomic mass is 9.96. The van der Waals surface area contributed by atoms with Gasteiger partial charge in [0.2, 0.25) is 5.91 Å². The highest BCUT2D eigenvalue weighted by Gasteiger charge is 2.15. The second-order valence-corrected chi connectivity index (χ2v) is 7.54. The summed E-state index contributed by atoms with van der Waals surface area (Å²) in [5.74, 6) is 1.73. The number of hydrogen-bond acceptors (Lipinski definition) is 3. The summed E-state index contributed by atoms with van der Waals surface area (Å²) in [7, 11) is 0. The third-order valence-corrected chi connectivity index (χ3v) is 5.49. The molecule has 4 rings (SSSR count). The number of imidazole rings is 1. The molecule has 0 bridgehead atoms. The van der Waals surface area contributed by atoms with E-state index < -0.39 is 0 Å². The van der Waals surface area contributed by atoms with Gasteiger partial charge in [-0.2, -0.15) is 0 Å². The lowest BCUT2D eigenvalue weighted by molar-refractivity contribution is -0.121. The van der Waals surface area contributed by atoms with Crippen LogP contribution in [0.4, 0.5) is 0 Å². The molecule has 146 valence electrons. The van der Waals surface area contributed by atoms with E-state index in [0.29, 0.717) is 18.8 Å². The standard InChI is InChI=1S/C23H28N4O/c28-23(25-16-14-18-7-6-15-24-17-18)13-12-22-26-20-10-4-5-11-21(20)27(22)19-8-2-1-3-9-19/h1-5,8-11,18,24H,6-7,12-17H2,(H,25,28). The number of rotatable bonds is 7. The van der Waals surface area contributed by atoms with E-state index in [2.05, 4.69) is 33.4 Å². The number of fused-ring (bicyclic) bond motifs is 1. The highest BCUT2D eigenvalue weighted by molar-refractivity contribution is 5.79. The number of nitrogens with one attached hydrogen (secondary N) is 2. The molecular weight excluding hydrogens is 348 g/mol. The van der Waals surface area contributed by atoms with Gasteiger partial charge in [-0.1, -0.05) is 30.3 Å². The van der Waals surface area contributed by atoms with E-state index in [-0.39, 0.29) is 5.91 Å². The monoisotopic (exact) mass is 376 g/mol. The molecule has 1 aliphatic heterocycles. The molecule has 1 fully saturated rings. The van der Waals surface area contributed by atoms with Gasteiger partial charge in [-0.25, -0.2) is 4.98 Å². The topological polar surface area (TPSA) is 59.0 Å². The SMILES string of the molecule is O=C(CCc1nc2ccccc2n1-c1ccccc1)NCCC1CCCNC1. The Morgan fingerprint density at radius 2 is 1.96 bits per heavy atom. The summed E-state index contributed by atoms with van der Waals surface area (Å²) in [6.45, 7) is 2.97. The molecule has 0 saturated carbocycles. The minimum Gasteiger partial charge on any atom is -0.356 e. The van der Waals surface area contributed by atoms with E-state index in [9.17, 15) is 4.79 Å². The van der Waals surface area contributed by atoms with Crippen molar-refractivity contribution in [3.8, 4) is 5.69 Å². The number of piperidine rings is 1. The van der Waals surface area contributed by atoms with Gasteiger partial charge < -0.3 is 10.6 Å². The van der Waals surface area contributed by atoms with Crippen LogP contribution in [0.3, 0.4) is 0 Å². The maximum absolute atomic E-state index is 12.4. The summed E-state index contributed by atoms with van der Waals surface area (Å²) in [4.78, 5) is 17.1. The Hall–Kier alpha value is -2.66. The Morgan fingerprint density at radius 3 is 2.79 bits per heavy atom. The summed E-state index contributed by atoms with van der Waals surface area (Å²) in [6.07, 6.45) is 4.65. The predicted octanol–water partition coefficient (Wildman–Crippen LogP) is 3.46. The average Bonchev–Trinajstić information content (AvgIpc) is 3.12. The average molecular weight is 377 g/mol. The molecule has 1 amide bonds. The zero-order valence-electron chi connectivity index (χ0n) is 16.2. The van der Waals surface area contributed by atoms with Gasteiger partial charge >= 0.3 is 0 Å². The van der Waals surface area contributed by atoms with Crippen molar-refractivity contribution in [2.24, 2.45) is 5.92 Å². The molecular formula is C23H28N4O. The number of carbonyl (C=O) groups excluding carboxylic acids is 1. The van der Waals surface area contributed by atoms with Gasteiger partial charge in [0.25, 0.3) is 0 Å². The fourth-order valence-electron chi connectivity index (χ4n) is 4.01. The fourth-order valence-corrected chi connectivity index (χ4v) is 4.01. The van der Waals surface area contributed by atoms with Crippen molar-refractivity contribution in [3.63, 3.8) is 0 Å². The molecule has 5 nitrogen and oxygen atoms in total. The second kappa shape index (κ2) is 9.02. The molecule has 0 radical (unpaired) electrons. The van der Waals surface area contributed by atoms with Crippen LogP contribution in [-0.2, 0) is 11.2 Å². The molecule has 1 aromatic heterocycles. The van der Waals surface area contributed by atoms with E-state index in [0.717, 1.165) is 48.6 Å². The summed E-state index contributed by atoms with van der Waals surface area (Å²) < 4.78 is 2.16. The lowest BCUT2D eigenvalue weighted by Gasteiger charge is -2.22. The van der Waals surface area contributed by atoms with Crippen molar-refractivity contribution in [3.05, 3.63) is 60.4 Å². The van der Waals surface area contributed by atoms with Gasteiger partial charge in [0.1, 0.15) is 5.82 Å². The van der Waals surface area contributed by atoms with Crippen LogP contribution in [0, 0.1) is 5.92 Å². The van der Waals surface area contributed by atoms with E-state index >= 15 is 0 Å². The van der Waals surface area contributed by atoms with E-state index in [1.54, 1.807) is 0 Å². The molecule has 0 aliphatic carbocycles. The van der Waals surface area contributed by atoms with Crippen LogP contribution in [0.1, 0.15) is 31.5 Å². The third-order valence-electron chi connectivity index (χ3n) is 5.49.